The second-order valence-electron chi connectivity index (χ2n) is 9.76. The van der Waals surface area contributed by atoms with Gasteiger partial charge in [0.2, 0.25) is 17.7 Å². The van der Waals surface area contributed by atoms with Crippen LogP contribution in [0.25, 0.3) is 0 Å². The van der Waals surface area contributed by atoms with Gasteiger partial charge in [-0.3, -0.25) is 19.7 Å². The van der Waals surface area contributed by atoms with E-state index in [4.69, 9.17) is 5.73 Å². The van der Waals surface area contributed by atoms with E-state index in [2.05, 4.69) is 26.1 Å². The number of aliphatic hydroxyl groups is 1. The predicted octanol–water partition coefficient (Wildman–Crippen LogP) is 3.30. The molecule has 0 aliphatic carbocycles. The highest BCUT2D eigenvalue weighted by Crippen LogP contribution is 2.43. The highest BCUT2D eigenvalue weighted by atomic mass is 16.3. The molecule has 162 valence electrons. The summed E-state index contributed by atoms with van der Waals surface area (Å²) in [7, 11) is 0. The summed E-state index contributed by atoms with van der Waals surface area (Å²) in [4.78, 5) is 35.3. The van der Waals surface area contributed by atoms with Gasteiger partial charge in [0.25, 0.3) is 0 Å². The Morgan fingerprint density at radius 3 is 2.00 bits per heavy atom. The van der Waals surface area contributed by atoms with E-state index in [1.807, 2.05) is 45.0 Å². The average molecular weight is 405 g/mol. The van der Waals surface area contributed by atoms with Crippen LogP contribution in [0.2, 0.25) is 0 Å². The van der Waals surface area contributed by atoms with E-state index in [1.165, 1.54) is 0 Å². The molecule has 4 N–H and O–H groups in total. The zero-order valence-electron chi connectivity index (χ0n) is 18.6. The first-order valence-electron chi connectivity index (χ1n) is 10.1. The average Bonchev–Trinajstić information content (AvgIpc) is 2.56. The van der Waals surface area contributed by atoms with Crippen molar-refractivity contribution in [2.24, 2.45) is 11.1 Å². The standard InChI is InChI=1S/C23H36N2O4/c1-21(2,3)16-10-9-11-17(14-16)23(29,22(4,5)6)15-20(28)25-19(27)13-8-7-12-18(24)26/h9-11,14,29H,7-8,12-13,15H2,1-6H3,(H2,24,26)(H,25,27,28). The monoisotopic (exact) mass is 404 g/mol. The van der Waals surface area contributed by atoms with E-state index in [-0.39, 0.29) is 24.7 Å². The van der Waals surface area contributed by atoms with E-state index in [1.54, 1.807) is 0 Å². The fraction of sp³-hybridized carbons (Fsp3) is 0.609. The minimum atomic E-state index is -1.44. The first kappa shape index (κ1) is 24.8. The Labute approximate surface area is 174 Å². The number of imide groups is 1. The lowest BCUT2D eigenvalue weighted by Crippen LogP contribution is -2.45. The number of nitrogens with two attached hydrogens (primary N) is 1. The summed E-state index contributed by atoms with van der Waals surface area (Å²) in [5.74, 6) is -1.35. The molecule has 1 aromatic rings. The smallest absolute Gasteiger partial charge is 0.229 e. The van der Waals surface area contributed by atoms with Crippen molar-refractivity contribution in [2.75, 3.05) is 0 Å². The molecule has 0 bridgehead atoms. The molecular weight excluding hydrogens is 368 g/mol. The van der Waals surface area contributed by atoms with Gasteiger partial charge in [-0.05, 0) is 34.8 Å². The lowest BCUT2D eigenvalue weighted by atomic mass is 9.69. The molecule has 0 saturated carbocycles. The summed E-state index contributed by atoms with van der Waals surface area (Å²) in [6.07, 6.45) is 1.10. The zero-order valence-corrected chi connectivity index (χ0v) is 18.6. The number of hydrogen-bond acceptors (Lipinski definition) is 4. The number of primary amides is 1. The van der Waals surface area contributed by atoms with Crippen LogP contribution in [-0.2, 0) is 25.4 Å². The molecule has 1 unspecified atom stereocenters. The first-order valence-corrected chi connectivity index (χ1v) is 10.1. The molecule has 0 fully saturated rings. The van der Waals surface area contributed by atoms with E-state index in [0.717, 1.165) is 5.56 Å². The van der Waals surface area contributed by atoms with Crippen molar-refractivity contribution in [3.63, 3.8) is 0 Å². The molecule has 1 aromatic carbocycles. The van der Waals surface area contributed by atoms with Crippen LogP contribution in [0.4, 0.5) is 0 Å². The largest absolute Gasteiger partial charge is 0.384 e. The first-order chi connectivity index (χ1) is 13.2. The van der Waals surface area contributed by atoms with Gasteiger partial charge in [-0.25, -0.2) is 0 Å². The number of carbonyl (C=O) groups excluding carboxylic acids is 3. The molecule has 0 aliphatic rings. The van der Waals surface area contributed by atoms with Crippen molar-refractivity contribution in [1.29, 1.82) is 0 Å². The Morgan fingerprint density at radius 1 is 0.931 bits per heavy atom. The number of benzene rings is 1. The maximum atomic E-state index is 12.5. The van der Waals surface area contributed by atoms with Crippen LogP contribution in [0.5, 0.6) is 0 Å². The Kier molecular flexibility index (Phi) is 8.16. The maximum Gasteiger partial charge on any atom is 0.229 e. The molecule has 0 radical (unpaired) electrons. The van der Waals surface area contributed by atoms with Gasteiger partial charge in [0.1, 0.15) is 5.60 Å². The second kappa shape index (κ2) is 9.53. The van der Waals surface area contributed by atoms with Crippen LogP contribution in [0, 0.1) is 5.41 Å². The molecule has 6 heteroatoms. The summed E-state index contributed by atoms with van der Waals surface area (Å²) in [5.41, 5.74) is 4.61. The lowest BCUT2D eigenvalue weighted by molar-refractivity contribution is -0.139. The highest BCUT2D eigenvalue weighted by molar-refractivity contribution is 5.95. The third-order valence-electron chi connectivity index (χ3n) is 5.22. The van der Waals surface area contributed by atoms with Crippen molar-refractivity contribution < 1.29 is 19.5 Å². The summed E-state index contributed by atoms with van der Waals surface area (Å²) in [6, 6.07) is 7.64. The van der Waals surface area contributed by atoms with Crippen LogP contribution < -0.4 is 11.1 Å². The van der Waals surface area contributed by atoms with Crippen molar-refractivity contribution in [2.45, 2.75) is 84.7 Å². The van der Waals surface area contributed by atoms with Crippen molar-refractivity contribution in [3.05, 3.63) is 35.4 Å². The molecule has 6 nitrogen and oxygen atoms in total. The topological polar surface area (TPSA) is 109 Å². The number of amides is 3. The van der Waals surface area contributed by atoms with E-state index >= 15 is 0 Å². The minimum absolute atomic E-state index is 0.0993. The fourth-order valence-electron chi connectivity index (χ4n) is 3.12. The number of rotatable bonds is 8. The number of nitrogens with one attached hydrogen (secondary N) is 1. The summed E-state index contributed by atoms with van der Waals surface area (Å²) < 4.78 is 0. The van der Waals surface area contributed by atoms with Crippen LogP contribution in [0.3, 0.4) is 0 Å². The molecule has 0 aliphatic heterocycles. The van der Waals surface area contributed by atoms with Gasteiger partial charge in [0, 0.05) is 12.8 Å². The summed E-state index contributed by atoms with van der Waals surface area (Å²) in [6.45, 7) is 11.9. The van der Waals surface area contributed by atoms with Crippen LogP contribution in [0.1, 0.15) is 84.8 Å². The third-order valence-corrected chi connectivity index (χ3v) is 5.22. The van der Waals surface area contributed by atoms with Crippen molar-refractivity contribution >= 4 is 17.7 Å². The second-order valence-corrected chi connectivity index (χ2v) is 9.76. The van der Waals surface area contributed by atoms with Gasteiger partial charge in [0.05, 0.1) is 6.42 Å². The van der Waals surface area contributed by atoms with Crippen LogP contribution in [-0.4, -0.2) is 22.8 Å². The highest BCUT2D eigenvalue weighted by Gasteiger charge is 2.44. The molecule has 1 rings (SSSR count). The Hall–Kier alpha value is -2.21. The minimum Gasteiger partial charge on any atom is -0.384 e. The van der Waals surface area contributed by atoms with Gasteiger partial charge in [0.15, 0.2) is 0 Å². The van der Waals surface area contributed by atoms with Crippen molar-refractivity contribution in [1.82, 2.24) is 5.32 Å². The van der Waals surface area contributed by atoms with E-state index < -0.39 is 28.7 Å². The number of unbranched alkanes of at least 4 members (excludes halogenated alkanes) is 1. The van der Waals surface area contributed by atoms with Gasteiger partial charge in [-0.1, -0.05) is 65.8 Å². The fourth-order valence-corrected chi connectivity index (χ4v) is 3.12. The molecular formula is C23H36N2O4. The van der Waals surface area contributed by atoms with E-state index in [9.17, 15) is 19.5 Å². The van der Waals surface area contributed by atoms with E-state index in [0.29, 0.717) is 18.4 Å². The molecule has 0 aromatic heterocycles. The Bertz CT molecular complexity index is 744. The number of carbonyl (C=O) groups is 3. The third kappa shape index (κ3) is 7.28. The van der Waals surface area contributed by atoms with Crippen LogP contribution in [0.15, 0.2) is 24.3 Å². The van der Waals surface area contributed by atoms with Gasteiger partial charge >= 0.3 is 0 Å². The van der Waals surface area contributed by atoms with Crippen molar-refractivity contribution in [3.8, 4) is 0 Å². The Balaban J connectivity index is 2.93. The molecule has 1 atom stereocenters. The summed E-state index contributed by atoms with van der Waals surface area (Å²) >= 11 is 0. The quantitative estimate of drug-likeness (QED) is 0.578. The van der Waals surface area contributed by atoms with Gasteiger partial charge < -0.3 is 10.8 Å². The van der Waals surface area contributed by atoms with Gasteiger partial charge in [-0.2, -0.15) is 0 Å². The zero-order chi connectivity index (χ0) is 22.5. The normalized spacial score (nSPS) is 14.2. The molecule has 3 amide bonds. The van der Waals surface area contributed by atoms with Gasteiger partial charge in [-0.15, -0.1) is 0 Å². The van der Waals surface area contributed by atoms with Crippen LogP contribution >= 0.6 is 0 Å². The SMILES string of the molecule is CC(C)(C)c1cccc(C(O)(CC(=O)NC(=O)CCCCC(N)=O)C(C)(C)C)c1. The molecule has 0 saturated heterocycles. The Morgan fingerprint density at radius 2 is 1.48 bits per heavy atom. The maximum absolute atomic E-state index is 12.5. The molecule has 0 spiro atoms. The molecule has 29 heavy (non-hydrogen) atoms. The summed E-state index contributed by atoms with van der Waals surface area (Å²) in [5, 5.41) is 13.9. The predicted molar refractivity (Wildman–Crippen MR) is 114 cm³/mol. The lowest BCUT2D eigenvalue weighted by Gasteiger charge is -2.41. The number of hydrogen-bond donors (Lipinski definition) is 3. The molecule has 0 heterocycles.